The van der Waals surface area contributed by atoms with Crippen molar-refractivity contribution < 1.29 is 14.3 Å². The zero-order chi connectivity index (χ0) is 25.6. The number of aromatic nitrogens is 2. The van der Waals surface area contributed by atoms with Crippen molar-refractivity contribution in [1.29, 1.82) is 5.26 Å². The molecule has 0 spiro atoms. The molecule has 0 aliphatic carbocycles. The van der Waals surface area contributed by atoms with Crippen LogP contribution in [0.4, 0.5) is 0 Å². The third kappa shape index (κ3) is 3.99. The van der Waals surface area contributed by atoms with Crippen LogP contribution in [0.15, 0.2) is 53.0 Å². The van der Waals surface area contributed by atoms with Crippen molar-refractivity contribution in [3.05, 3.63) is 75.3 Å². The highest BCUT2D eigenvalue weighted by Crippen LogP contribution is 2.41. The molecular formula is C28H25BrN4O3. The summed E-state index contributed by atoms with van der Waals surface area (Å²) in [6.07, 6.45) is 0. The lowest BCUT2D eigenvalue weighted by molar-refractivity contribution is 0.0707. The maximum absolute atomic E-state index is 13.6. The molecule has 182 valence electrons. The van der Waals surface area contributed by atoms with Gasteiger partial charge in [-0.2, -0.15) is 10.4 Å². The Labute approximate surface area is 218 Å². The predicted molar refractivity (Wildman–Crippen MR) is 141 cm³/mol. The van der Waals surface area contributed by atoms with Crippen LogP contribution in [-0.2, 0) is 13.6 Å². The van der Waals surface area contributed by atoms with E-state index in [2.05, 4.69) is 34.0 Å². The Bertz CT molecular complexity index is 1540. The second-order valence-electron chi connectivity index (χ2n) is 9.01. The monoisotopic (exact) mass is 544 g/mol. The van der Waals surface area contributed by atoms with Crippen molar-refractivity contribution in [2.75, 3.05) is 20.8 Å². The van der Waals surface area contributed by atoms with Crippen molar-refractivity contribution in [2.45, 2.75) is 19.4 Å². The number of ether oxygens (including phenoxy) is 2. The fourth-order valence-corrected chi connectivity index (χ4v) is 5.47. The molecule has 1 aliphatic rings. The first-order valence-electron chi connectivity index (χ1n) is 11.6. The molecule has 0 bridgehead atoms. The van der Waals surface area contributed by atoms with Gasteiger partial charge in [-0.15, -0.1) is 0 Å². The molecule has 1 unspecified atom stereocenters. The summed E-state index contributed by atoms with van der Waals surface area (Å²) in [7, 11) is 5.08. The SMILES string of the molecule is COc1ccc(CN2CC(C)c3cc(-c4c5c(C#N)cc(Br)cc5nn4C)cc(OC)c3C2=O)cc1. The highest BCUT2D eigenvalue weighted by molar-refractivity contribution is 9.10. The number of hydrogen-bond acceptors (Lipinski definition) is 5. The van der Waals surface area contributed by atoms with Gasteiger partial charge in [0.15, 0.2) is 0 Å². The summed E-state index contributed by atoms with van der Waals surface area (Å²) in [6.45, 7) is 3.21. The minimum atomic E-state index is -0.0566. The summed E-state index contributed by atoms with van der Waals surface area (Å²) in [4.78, 5) is 15.5. The van der Waals surface area contributed by atoms with E-state index in [9.17, 15) is 10.1 Å². The highest BCUT2D eigenvalue weighted by Gasteiger charge is 2.33. The Morgan fingerprint density at radius 1 is 1.14 bits per heavy atom. The number of amides is 1. The quantitative estimate of drug-likeness (QED) is 0.324. The minimum absolute atomic E-state index is 0.0566. The molecule has 0 saturated carbocycles. The van der Waals surface area contributed by atoms with Crippen LogP contribution in [0.2, 0.25) is 0 Å². The van der Waals surface area contributed by atoms with Gasteiger partial charge in [-0.3, -0.25) is 9.48 Å². The predicted octanol–water partition coefficient (Wildman–Crippen LogP) is 5.65. The average molecular weight is 545 g/mol. The standard InChI is InChI=1S/C28H25BrN4O3/c1-16-14-33(15-17-5-7-21(35-3)8-6-17)28(34)26-22(16)10-18(11-24(26)36-4)27-25-19(13-30)9-20(29)12-23(25)31-32(27)2/h5-12,16H,14-15H2,1-4H3. The van der Waals surface area contributed by atoms with Gasteiger partial charge >= 0.3 is 0 Å². The second-order valence-corrected chi connectivity index (χ2v) is 9.92. The van der Waals surface area contributed by atoms with Gasteiger partial charge < -0.3 is 14.4 Å². The largest absolute Gasteiger partial charge is 0.497 e. The zero-order valence-electron chi connectivity index (χ0n) is 20.5. The number of nitriles is 1. The van der Waals surface area contributed by atoms with Gasteiger partial charge in [0.2, 0.25) is 0 Å². The second kappa shape index (κ2) is 9.32. The average Bonchev–Trinajstić information content (AvgIpc) is 3.21. The third-order valence-electron chi connectivity index (χ3n) is 6.71. The minimum Gasteiger partial charge on any atom is -0.497 e. The van der Waals surface area contributed by atoms with Crippen molar-refractivity contribution >= 4 is 32.7 Å². The lowest BCUT2D eigenvalue weighted by atomic mass is 9.87. The molecule has 8 heteroatoms. The Balaban J connectivity index is 1.60. The summed E-state index contributed by atoms with van der Waals surface area (Å²) < 4.78 is 13.6. The van der Waals surface area contributed by atoms with Crippen LogP contribution in [0, 0.1) is 11.3 Å². The van der Waals surface area contributed by atoms with Crippen molar-refractivity contribution in [1.82, 2.24) is 14.7 Å². The number of rotatable bonds is 5. The van der Waals surface area contributed by atoms with Crippen LogP contribution in [0.3, 0.4) is 0 Å². The lowest BCUT2D eigenvalue weighted by Crippen LogP contribution is -2.39. The normalized spacial score (nSPS) is 15.1. The number of fused-ring (bicyclic) bond motifs is 2. The smallest absolute Gasteiger partial charge is 0.258 e. The van der Waals surface area contributed by atoms with Crippen LogP contribution in [-0.4, -0.2) is 41.4 Å². The van der Waals surface area contributed by atoms with Crippen molar-refractivity contribution in [2.24, 2.45) is 7.05 Å². The molecule has 4 aromatic rings. The molecule has 0 saturated heterocycles. The molecule has 0 N–H and O–H groups in total. The molecule has 1 aliphatic heterocycles. The molecule has 0 fully saturated rings. The topological polar surface area (TPSA) is 80.4 Å². The molecule has 3 aromatic carbocycles. The number of carbonyl (C=O) groups is 1. The molecule has 5 rings (SSSR count). The molecule has 7 nitrogen and oxygen atoms in total. The van der Waals surface area contributed by atoms with E-state index in [-0.39, 0.29) is 11.8 Å². The molecule has 0 radical (unpaired) electrons. The Kier molecular flexibility index (Phi) is 6.19. The summed E-state index contributed by atoms with van der Waals surface area (Å²) in [5.74, 6) is 1.34. The van der Waals surface area contributed by atoms with E-state index in [0.717, 1.165) is 43.5 Å². The number of carbonyl (C=O) groups excluding carboxylic acids is 1. The number of methoxy groups -OCH3 is 2. The maximum atomic E-state index is 13.6. The molecular weight excluding hydrogens is 520 g/mol. The van der Waals surface area contributed by atoms with Crippen molar-refractivity contribution in [3.8, 4) is 28.8 Å². The first kappa shape index (κ1) is 23.9. The van der Waals surface area contributed by atoms with E-state index in [1.165, 1.54) is 0 Å². The fraction of sp³-hybridized carbons (Fsp3) is 0.250. The van der Waals surface area contributed by atoms with Gasteiger partial charge in [0.25, 0.3) is 5.91 Å². The van der Waals surface area contributed by atoms with Crippen molar-refractivity contribution in [3.63, 3.8) is 0 Å². The zero-order valence-corrected chi connectivity index (χ0v) is 22.1. The highest BCUT2D eigenvalue weighted by atomic mass is 79.9. The lowest BCUT2D eigenvalue weighted by Gasteiger charge is -2.34. The number of hydrogen-bond donors (Lipinski definition) is 0. The van der Waals surface area contributed by atoms with E-state index in [0.29, 0.717) is 30.0 Å². The summed E-state index contributed by atoms with van der Waals surface area (Å²) in [5.41, 5.74) is 5.49. The molecule has 1 aromatic heterocycles. The number of halogens is 1. The number of aryl methyl sites for hydroxylation is 1. The van der Waals surface area contributed by atoms with Gasteiger partial charge in [0.05, 0.1) is 42.6 Å². The fourth-order valence-electron chi connectivity index (χ4n) is 5.02. The van der Waals surface area contributed by atoms with Gasteiger partial charge in [0.1, 0.15) is 11.5 Å². The van der Waals surface area contributed by atoms with Gasteiger partial charge in [-0.1, -0.05) is 35.0 Å². The van der Waals surface area contributed by atoms with Crippen LogP contribution in [0.5, 0.6) is 11.5 Å². The third-order valence-corrected chi connectivity index (χ3v) is 7.16. The van der Waals surface area contributed by atoms with E-state index in [1.54, 1.807) is 25.0 Å². The number of benzene rings is 3. The van der Waals surface area contributed by atoms with Gasteiger partial charge in [-0.25, -0.2) is 0 Å². The maximum Gasteiger partial charge on any atom is 0.258 e. The van der Waals surface area contributed by atoms with Gasteiger partial charge in [-0.05, 0) is 53.4 Å². The van der Waals surface area contributed by atoms with Crippen LogP contribution >= 0.6 is 15.9 Å². The summed E-state index contributed by atoms with van der Waals surface area (Å²) in [5, 5.41) is 15.2. The van der Waals surface area contributed by atoms with E-state index in [1.807, 2.05) is 54.4 Å². The first-order valence-corrected chi connectivity index (χ1v) is 12.3. The Hall–Kier alpha value is -3.83. The Morgan fingerprint density at radius 3 is 2.56 bits per heavy atom. The molecule has 1 atom stereocenters. The van der Waals surface area contributed by atoms with Gasteiger partial charge in [0, 0.05) is 35.6 Å². The van der Waals surface area contributed by atoms with E-state index < -0.39 is 0 Å². The summed E-state index contributed by atoms with van der Waals surface area (Å²) in [6, 6.07) is 17.7. The molecule has 36 heavy (non-hydrogen) atoms. The first-order chi connectivity index (χ1) is 17.3. The van der Waals surface area contributed by atoms with E-state index in [4.69, 9.17) is 9.47 Å². The Morgan fingerprint density at radius 2 is 1.89 bits per heavy atom. The van der Waals surface area contributed by atoms with Crippen LogP contribution in [0.1, 0.15) is 39.9 Å². The van der Waals surface area contributed by atoms with E-state index >= 15 is 0 Å². The number of nitrogens with zero attached hydrogens (tertiary/aromatic N) is 4. The van der Waals surface area contributed by atoms with Crippen LogP contribution < -0.4 is 9.47 Å². The molecule has 2 heterocycles. The van der Waals surface area contributed by atoms with Crippen LogP contribution in [0.25, 0.3) is 22.2 Å². The summed E-state index contributed by atoms with van der Waals surface area (Å²) >= 11 is 3.47. The molecule has 1 amide bonds.